The number of hydrogen-bond donors (Lipinski definition) is 2. The summed E-state index contributed by atoms with van der Waals surface area (Å²) in [6.45, 7) is 6.46. The molecule has 1 aliphatic rings. The largest absolute Gasteiger partial charge is 0.367 e. The standard InChI is InChI=1S/C14H21N5O/c1-8-4-5-11(6-9(8)2)16-12-7-13-17-18-14(20)19(13)10(3)15-12/h7-9,11,16H,4-6H2,1-3H3,(H,18,20). The maximum atomic E-state index is 11.6. The van der Waals surface area contributed by atoms with E-state index in [9.17, 15) is 4.79 Å². The summed E-state index contributed by atoms with van der Waals surface area (Å²) in [5.74, 6) is 3.00. The lowest BCUT2D eigenvalue weighted by Gasteiger charge is -2.32. The van der Waals surface area contributed by atoms with Gasteiger partial charge in [0.2, 0.25) is 0 Å². The molecule has 3 rings (SSSR count). The highest BCUT2D eigenvalue weighted by Gasteiger charge is 2.24. The van der Waals surface area contributed by atoms with Crippen LogP contribution in [0.15, 0.2) is 10.9 Å². The molecule has 0 radical (unpaired) electrons. The Balaban J connectivity index is 1.83. The van der Waals surface area contributed by atoms with Crippen LogP contribution in [0.1, 0.15) is 38.9 Å². The summed E-state index contributed by atoms with van der Waals surface area (Å²) in [6, 6.07) is 2.29. The minimum absolute atomic E-state index is 0.239. The molecule has 3 unspecified atom stereocenters. The minimum Gasteiger partial charge on any atom is -0.367 e. The molecule has 0 spiro atoms. The molecule has 20 heavy (non-hydrogen) atoms. The van der Waals surface area contributed by atoms with Crippen LogP contribution in [0.5, 0.6) is 0 Å². The molecular weight excluding hydrogens is 254 g/mol. The molecule has 108 valence electrons. The third-order valence-corrected chi connectivity index (χ3v) is 4.52. The van der Waals surface area contributed by atoms with E-state index < -0.39 is 0 Å². The number of aromatic amines is 1. The van der Waals surface area contributed by atoms with Crippen molar-refractivity contribution >= 4 is 11.5 Å². The van der Waals surface area contributed by atoms with E-state index in [-0.39, 0.29) is 5.69 Å². The Kier molecular flexibility index (Phi) is 3.23. The van der Waals surface area contributed by atoms with E-state index in [1.807, 2.05) is 13.0 Å². The average molecular weight is 275 g/mol. The maximum Gasteiger partial charge on any atom is 0.349 e. The van der Waals surface area contributed by atoms with Crippen molar-refractivity contribution in [2.45, 2.75) is 46.1 Å². The molecule has 1 fully saturated rings. The van der Waals surface area contributed by atoms with Crippen LogP contribution in [-0.4, -0.2) is 25.6 Å². The average Bonchev–Trinajstić information content (AvgIpc) is 2.76. The Morgan fingerprint density at radius 3 is 2.90 bits per heavy atom. The van der Waals surface area contributed by atoms with Crippen LogP contribution in [0.2, 0.25) is 0 Å². The lowest BCUT2D eigenvalue weighted by atomic mass is 9.79. The summed E-state index contributed by atoms with van der Waals surface area (Å²) in [4.78, 5) is 16.0. The van der Waals surface area contributed by atoms with Gasteiger partial charge in [-0.2, -0.15) is 5.10 Å². The second-order valence-corrected chi connectivity index (χ2v) is 6.02. The topological polar surface area (TPSA) is 75.1 Å². The number of aryl methyl sites for hydroxylation is 1. The lowest BCUT2D eigenvalue weighted by Crippen LogP contribution is -2.30. The van der Waals surface area contributed by atoms with Gasteiger partial charge in [0.05, 0.1) is 0 Å². The van der Waals surface area contributed by atoms with Crippen LogP contribution in [0.3, 0.4) is 0 Å². The molecule has 2 N–H and O–H groups in total. The number of anilines is 1. The van der Waals surface area contributed by atoms with Gasteiger partial charge in [0.1, 0.15) is 11.6 Å². The van der Waals surface area contributed by atoms with E-state index in [0.717, 1.165) is 17.7 Å². The first-order valence-corrected chi connectivity index (χ1v) is 7.26. The van der Waals surface area contributed by atoms with Crippen LogP contribution >= 0.6 is 0 Å². The summed E-state index contributed by atoms with van der Waals surface area (Å²) in [5.41, 5.74) is 0.374. The number of hydrogen-bond acceptors (Lipinski definition) is 4. The zero-order valence-electron chi connectivity index (χ0n) is 12.2. The number of fused-ring (bicyclic) bond motifs is 1. The number of H-pyrrole nitrogens is 1. The van der Waals surface area contributed by atoms with Gasteiger partial charge in [0.15, 0.2) is 5.65 Å². The summed E-state index contributed by atoms with van der Waals surface area (Å²) >= 11 is 0. The second-order valence-electron chi connectivity index (χ2n) is 6.02. The molecular formula is C14H21N5O. The second kappa shape index (κ2) is 4.92. The number of rotatable bonds is 2. The highest BCUT2D eigenvalue weighted by atomic mass is 16.1. The fraction of sp³-hybridized carbons (Fsp3) is 0.643. The van der Waals surface area contributed by atoms with E-state index in [1.165, 1.54) is 23.7 Å². The predicted molar refractivity (Wildman–Crippen MR) is 77.9 cm³/mol. The molecule has 0 aromatic carbocycles. The Hall–Kier alpha value is -1.85. The van der Waals surface area contributed by atoms with Crippen molar-refractivity contribution in [3.05, 3.63) is 22.4 Å². The Morgan fingerprint density at radius 2 is 2.15 bits per heavy atom. The summed E-state index contributed by atoms with van der Waals surface area (Å²) in [7, 11) is 0. The van der Waals surface area contributed by atoms with E-state index in [4.69, 9.17) is 0 Å². The van der Waals surface area contributed by atoms with Gasteiger partial charge in [-0.3, -0.25) is 0 Å². The van der Waals surface area contributed by atoms with Gasteiger partial charge in [0, 0.05) is 12.1 Å². The highest BCUT2D eigenvalue weighted by Crippen LogP contribution is 2.30. The van der Waals surface area contributed by atoms with E-state index in [0.29, 0.717) is 17.5 Å². The van der Waals surface area contributed by atoms with Crippen molar-refractivity contribution < 1.29 is 0 Å². The summed E-state index contributed by atoms with van der Waals surface area (Å²) in [6.07, 6.45) is 3.59. The van der Waals surface area contributed by atoms with Crippen molar-refractivity contribution in [1.82, 2.24) is 19.6 Å². The SMILES string of the molecule is Cc1nc(NC2CCC(C)C(C)C2)cc2n[nH]c(=O)n12. The van der Waals surface area contributed by atoms with Crippen LogP contribution in [0.4, 0.5) is 5.82 Å². The summed E-state index contributed by atoms with van der Waals surface area (Å²) in [5, 5.41) is 9.95. The van der Waals surface area contributed by atoms with Crippen molar-refractivity contribution in [2.75, 3.05) is 5.32 Å². The van der Waals surface area contributed by atoms with Crippen LogP contribution < -0.4 is 11.0 Å². The van der Waals surface area contributed by atoms with Crippen LogP contribution in [0, 0.1) is 18.8 Å². The molecule has 3 atom stereocenters. The smallest absolute Gasteiger partial charge is 0.349 e. The summed E-state index contributed by atoms with van der Waals surface area (Å²) < 4.78 is 1.48. The zero-order chi connectivity index (χ0) is 14.3. The van der Waals surface area contributed by atoms with E-state index >= 15 is 0 Å². The third kappa shape index (κ3) is 2.30. The number of nitrogens with zero attached hydrogens (tertiary/aromatic N) is 3. The fourth-order valence-electron chi connectivity index (χ4n) is 3.06. The molecule has 6 heteroatoms. The van der Waals surface area contributed by atoms with Crippen molar-refractivity contribution in [1.29, 1.82) is 0 Å². The van der Waals surface area contributed by atoms with Crippen molar-refractivity contribution in [3.63, 3.8) is 0 Å². The minimum atomic E-state index is -0.239. The molecule has 1 aliphatic carbocycles. The van der Waals surface area contributed by atoms with Crippen molar-refractivity contribution in [3.8, 4) is 0 Å². The molecule has 0 aliphatic heterocycles. The number of nitrogens with one attached hydrogen (secondary N) is 2. The monoisotopic (exact) mass is 275 g/mol. The lowest BCUT2D eigenvalue weighted by molar-refractivity contribution is 0.260. The normalized spacial score (nSPS) is 26.9. The Labute approximate surface area is 117 Å². The van der Waals surface area contributed by atoms with Gasteiger partial charge >= 0.3 is 5.69 Å². The van der Waals surface area contributed by atoms with Gasteiger partial charge in [-0.1, -0.05) is 13.8 Å². The van der Waals surface area contributed by atoms with Crippen LogP contribution in [0.25, 0.3) is 5.65 Å². The van der Waals surface area contributed by atoms with Crippen LogP contribution in [-0.2, 0) is 0 Å². The first-order valence-electron chi connectivity index (χ1n) is 7.26. The van der Waals surface area contributed by atoms with Gasteiger partial charge < -0.3 is 5.32 Å². The number of aromatic nitrogens is 4. The van der Waals surface area contributed by atoms with E-state index in [2.05, 4.69) is 34.3 Å². The zero-order valence-corrected chi connectivity index (χ0v) is 12.2. The van der Waals surface area contributed by atoms with Crippen molar-refractivity contribution in [2.24, 2.45) is 11.8 Å². The molecule has 0 amide bonds. The molecule has 2 aromatic rings. The Morgan fingerprint density at radius 1 is 1.35 bits per heavy atom. The third-order valence-electron chi connectivity index (χ3n) is 4.52. The molecule has 6 nitrogen and oxygen atoms in total. The Bertz CT molecular complexity index is 674. The molecule has 0 saturated heterocycles. The molecule has 2 aromatic heterocycles. The molecule has 2 heterocycles. The first kappa shape index (κ1) is 13.1. The predicted octanol–water partition coefficient (Wildman–Crippen LogP) is 1.96. The fourth-order valence-corrected chi connectivity index (χ4v) is 3.06. The molecule has 1 saturated carbocycles. The van der Waals surface area contributed by atoms with Gasteiger partial charge in [-0.05, 0) is 38.0 Å². The maximum absolute atomic E-state index is 11.6. The van der Waals surface area contributed by atoms with E-state index in [1.54, 1.807) is 0 Å². The highest BCUT2D eigenvalue weighted by molar-refractivity contribution is 5.50. The molecule has 0 bridgehead atoms. The van der Waals surface area contributed by atoms with Gasteiger partial charge in [-0.15, -0.1) is 0 Å². The first-order chi connectivity index (χ1) is 9.54. The quantitative estimate of drug-likeness (QED) is 0.878. The van der Waals surface area contributed by atoms with Gasteiger partial charge in [-0.25, -0.2) is 19.3 Å². The van der Waals surface area contributed by atoms with Gasteiger partial charge in [0.25, 0.3) is 0 Å².